The van der Waals surface area contributed by atoms with E-state index in [4.69, 9.17) is 0 Å². The second-order valence-electron chi connectivity index (χ2n) is 6.66. The molecule has 0 aliphatic rings. The van der Waals surface area contributed by atoms with E-state index in [1.54, 1.807) is 48.8 Å². The molecule has 164 valence electrons. The van der Waals surface area contributed by atoms with Crippen molar-refractivity contribution in [3.8, 4) is 0 Å². The van der Waals surface area contributed by atoms with Crippen LogP contribution in [0.15, 0.2) is 79.6 Å². The van der Waals surface area contributed by atoms with Crippen LogP contribution in [-0.4, -0.2) is 41.8 Å². The number of aromatic nitrogens is 5. The van der Waals surface area contributed by atoms with Gasteiger partial charge >= 0.3 is 0 Å². The highest BCUT2D eigenvalue weighted by atomic mass is 16.3. The SMILES string of the molecule is O=C(Nc1ccncc1)c1cc(C(O)Nc2ccncc2)nc(C(=O)Nc2ccncc2)n1. The summed E-state index contributed by atoms with van der Waals surface area (Å²) in [6.07, 6.45) is 7.86. The Hall–Kier alpha value is -4.77. The van der Waals surface area contributed by atoms with Gasteiger partial charge in [0, 0.05) is 54.2 Å². The molecule has 0 fully saturated rings. The lowest BCUT2D eigenvalue weighted by Gasteiger charge is -2.15. The van der Waals surface area contributed by atoms with Crippen LogP contribution in [0.1, 0.15) is 33.0 Å². The van der Waals surface area contributed by atoms with E-state index < -0.39 is 18.0 Å². The van der Waals surface area contributed by atoms with E-state index in [0.29, 0.717) is 17.1 Å². The maximum Gasteiger partial charge on any atom is 0.293 e. The number of pyridine rings is 3. The molecule has 11 nitrogen and oxygen atoms in total. The number of anilines is 3. The minimum Gasteiger partial charge on any atom is -0.368 e. The number of amides is 2. The molecule has 33 heavy (non-hydrogen) atoms. The lowest BCUT2D eigenvalue weighted by atomic mass is 10.2. The maximum absolute atomic E-state index is 12.8. The second-order valence-corrected chi connectivity index (χ2v) is 6.66. The first-order valence-electron chi connectivity index (χ1n) is 9.75. The second kappa shape index (κ2) is 10.0. The largest absolute Gasteiger partial charge is 0.368 e. The zero-order valence-electron chi connectivity index (χ0n) is 17.1. The fourth-order valence-corrected chi connectivity index (χ4v) is 2.76. The van der Waals surface area contributed by atoms with Gasteiger partial charge in [0.25, 0.3) is 11.8 Å². The summed E-state index contributed by atoms with van der Waals surface area (Å²) in [6, 6.07) is 11.0. The van der Waals surface area contributed by atoms with Crippen LogP contribution in [0.25, 0.3) is 0 Å². The van der Waals surface area contributed by atoms with Crippen molar-refractivity contribution in [2.75, 3.05) is 16.0 Å². The van der Waals surface area contributed by atoms with Crippen LogP contribution in [0.3, 0.4) is 0 Å². The zero-order valence-corrected chi connectivity index (χ0v) is 17.1. The molecule has 0 saturated carbocycles. The molecule has 0 aliphatic carbocycles. The quantitative estimate of drug-likeness (QED) is 0.315. The zero-order chi connectivity index (χ0) is 23.0. The van der Waals surface area contributed by atoms with Crippen molar-refractivity contribution in [2.24, 2.45) is 0 Å². The maximum atomic E-state index is 12.8. The fraction of sp³-hybridized carbons (Fsp3) is 0.0455. The van der Waals surface area contributed by atoms with Gasteiger partial charge in [-0.3, -0.25) is 24.5 Å². The molecule has 1 atom stereocenters. The van der Waals surface area contributed by atoms with Crippen molar-refractivity contribution >= 4 is 28.9 Å². The van der Waals surface area contributed by atoms with Gasteiger partial charge < -0.3 is 21.1 Å². The summed E-state index contributed by atoms with van der Waals surface area (Å²) < 4.78 is 0. The molecule has 0 aromatic carbocycles. The first-order chi connectivity index (χ1) is 16.1. The Bertz CT molecular complexity index is 1170. The highest BCUT2D eigenvalue weighted by Crippen LogP contribution is 2.17. The number of carbonyl (C=O) groups excluding carboxylic acids is 2. The number of aliphatic hydroxyl groups excluding tert-OH is 1. The van der Waals surface area contributed by atoms with Gasteiger partial charge in [-0.1, -0.05) is 0 Å². The van der Waals surface area contributed by atoms with E-state index in [2.05, 4.69) is 40.9 Å². The Balaban J connectivity index is 1.64. The molecule has 4 rings (SSSR count). The monoisotopic (exact) mass is 442 g/mol. The third-order valence-corrected chi connectivity index (χ3v) is 4.32. The first kappa shape index (κ1) is 21.5. The molecule has 0 spiro atoms. The predicted octanol–water partition coefficient (Wildman–Crippen LogP) is 2.27. The van der Waals surface area contributed by atoms with Gasteiger partial charge in [0.1, 0.15) is 5.69 Å². The molecular weight excluding hydrogens is 424 g/mol. The molecule has 0 saturated heterocycles. The molecule has 1 unspecified atom stereocenters. The van der Waals surface area contributed by atoms with Crippen molar-refractivity contribution in [1.82, 2.24) is 24.9 Å². The van der Waals surface area contributed by atoms with E-state index in [9.17, 15) is 14.7 Å². The summed E-state index contributed by atoms with van der Waals surface area (Å²) in [5, 5.41) is 18.8. The molecule has 4 aromatic rings. The van der Waals surface area contributed by atoms with E-state index >= 15 is 0 Å². The van der Waals surface area contributed by atoms with Crippen molar-refractivity contribution < 1.29 is 14.7 Å². The van der Waals surface area contributed by atoms with E-state index in [-0.39, 0.29) is 17.2 Å². The minimum atomic E-state index is -1.32. The molecule has 0 bridgehead atoms. The topological polar surface area (TPSA) is 155 Å². The summed E-state index contributed by atoms with van der Waals surface area (Å²) in [5.41, 5.74) is 1.46. The van der Waals surface area contributed by atoms with E-state index in [1.165, 1.54) is 30.9 Å². The Morgan fingerprint density at radius 3 is 1.73 bits per heavy atom. The number of hydrogen-bond donors (Lipinski definition) is 4. The normalized spacial score (nSPS) is 11.3. The Morgan fingerprint density at radius 1 is 0.697 bits per heavy atom. The van der Waals surface area contributed by atoms with Crippen LogP contribution in [0.2, 0.25) is 0 Å². The Morgan fingerprint density at radius 2 is 1.18 bits per heavy atom. The predicted molar refractivity (Wildman–Crippen MR) is 119 cm³/mol. The smallest absolute Gasteiger partial charge is 0.293 e. The highest BCUT2D eigenvalue weighted by Gasteiger charge is 2.20. The van der Waals surface area contributed by atoms with Gasteiger partial charge in [-0.25, -0.2) is 9.97 Å². The average molecular weight is 442 g/mol. The van der Waals surface area contributed by atoms with Crippen LogP contribution in [0.4, 0.5) is 17.1 Å². The highest BCUT2D eigenvalue weighted by molar-refractivity contribution is 6.05. The third-order valence-electron chi connectivity index (χ3n) is 4.32. The number of aliphatic hydroxyl groups is 1. The van der Waals surface area contributed by atoms with Gasteiger partial charge in [0.15, 0.2) is 6.23 Å². The lowest BCUT2D eigenvalue weighted by molar-refractivity contribution is 0.101. The Labute approximate surface area is 188 Å². The van der Waals surface area contributed by atoms with Gasteiger partial charge in [-0.05, 0) is 42.5 Å². The molecule has 4 aromatic heterocycles. The number of carbonyl (C=O) groups is 2. The van der Waals surface area contributed by atoms with Crippen LogP contribution >= 0.6 is 0 Å². The average Bonchev–Trinajstić information content (AvgIpc) is 2.85. The van der Waals surface area contributed by atoms with Crippen molar-refractivity contribution in [3.63, 3.8) is 0 Å². The number of hydrogen-bond acceptors (Lipinski definition) is 9. The van der Waals surface area contributed by atoms with Crippen LogP contribution in [0.5, 0.6) is 0 Å². The number of rotatable bonds is 7. The van der Waals surface area contributed by atoms with E-state index in [0.717, 1.165) is 0 Å². The van der Waals surface area contributed by atoms with Gasteiger partial charge in [0.2, 0.25) is 5.82 Å². The molecule has 4 heterocycles. The lowest BCUT2D eigenvalue weighted by Crippen LogP contribution is -2.23. The summed E-state index contributed by atoms with van der Waals surface area (Å²) in [5.74, 6) is -1.53. The van der Waals surface area contributed by atoms with Crippen LogP contribution in [0, 0.1) is 0 Å². The van der Waals surface area contributed by atoms with E-state index in [1.807, 2.05) is 0 Å². The van der Waals surface area contributed by atoms with Crippen molar-refractivity contribution in [3.05, 3.63) is 96.9 Å². The Kier molecular flexibility index (Phi) is 6.52. The van der Waals surface area contributed by atoms with Crippen molar-refractivity contribution in [1.29, 1.82) is 0 Å². The third kappa shape index (κ3) is 5.68. The molecule has 11 heteroatoms. The van der Waals surface area contributed by atoms with Crippen LogP contribution < -0.4 is 16.0 Å². The summed E-state index contributed by atoms with van der Waals surface area (Å²) >= 11 is 0. The summed E-state index contributed by atoms with van der Waals surface area (Å²) in [7, 11) is 0. The standard InChI is InChI=1S/C22H18N8O3/c31-20(26-14-1-7-23-8-2-14)17-13-18(21(32)27-15-3-9-24-10-4-15)30-19(29-17)22(33)28-16-5-11-25-12-6-16/h1-13,20,31H,(H,23,26)(H,24,27,32)(H,25,28,33). The van der Waals surface area contributed by atoms with Crippen LogP contribution in [-0.2, 0) is 0 Å². The molecule has 2 amide bonds. The molecular formula is C22H18N8O3. The van der Waals surface area contributed by atoms with Crippen molar-refractivity contribution in [2.45, 2.75) is 6.23 Å². The molecule has 0 radical (unpaired) electrons. The fourth-order valence-electron chi connectivity index (χ4n) is 2.76. The summed E-state index contributed by atoms with van der Waals surface area (Å²) in [6.45, 7) is 0. The van der Waals surface area contributed by atoms with Gasteiger partial charge in [-0.2, -0.15) is 0 Å². The first-order valence-corrected chi connectivity index (χ1v) is 9.75. The molecule has 0 aliphatic heterocycles. The number of nitrogens with one attached hydrogen (secondary N) is 3. The number of nitrogens with zero attached hydrogens (tertiary/aromatic N) is 5. The molecule has 4 N–H and O–H groups in total. The minimum absolute atomic E-state index is 0.0292. The van der Waals surface area contributed by atoms with Gasteiger partial charge in [-0.15, -0.1) is 0 Å². The summed E-state index contributed by atoms with van der Waals surface area (Å²) in [4.78, 5) is 45.6. The van der Waals surface area contributed by atoms with Gasteiger partial charge in [0.05, 0.1) is 5.69 Å².